The van der Waals surface area contributed by atoms with Crippen LogP contribution in [0.15, 0.2) is 59.2 Å². The van der Waals surface area contributed by atoms with Crippen LogP contribution in [-0.4, -0.2) is 24.3 Å². The van der Waals surface area contributed by atoms with Crippen molar-refractivity contribution in [3.63, 3.8) is 0 Å². The first kappa shape index (κ1) is 18.4. The summed E-state index contributed by atoms with van der Waals surface area (Å²) >= 11 is 0. The molecule has 3 aromatic rings. The van der Waals surface area contributed by atoms with Gasteiger partial charge in [0.05, 0.1) is 23.3 Å². The Hall–Kier alpha value is -2.44. The Kier molecular flexibility index (Phi) is 5.25. The summed E-state index contributed by atoms with van der Waals surface area (Å²) in [4.78, 5) is 4.31. The molecule has 1 N–H and O–H groups in total. The molecule has 6 heteroatoms. The third kappa shape index (κ3) is 4.39. The molecule has 1 aromatic heterocycles. The van der Waals surface area contributed by atoms with E-state index < -0.39 is 15.9 Å². The van der Waals surface area contributed by atoms with Gasteiger partial charge in [0.15, 0.2) is 9.84 Å². The van der Waals surface area contributed by atoms with E-state index in [-0.39, 0.29) is 11.5 Å². The van der Waals surface area contributed by atoms with Crippen molar-refractivity contribution in [1.82, 2.24) is 4.98 Å². The summed E-state index contributed by atoms with van der Waals surface area (Å²) in [5.41, 5.74) is 3.90. The molecule has 1 atom stereocenters. The Morgan fingerprint density at radius 1 is 1.12 bits per heavy atom. The molecule has 136 valence electrons. The van der Waals surface area contributed by atoms with Crippen molar-refractivity contribution in [2.24, 2.45) is 0 Å². The second kappa shape index (κ2) is 7.43. The average Bonchev–Trinajstić information content (AvgIpc) is 3.02. The first-order valence-electron chi connectivity index (χ1n) is 8.29. The summed E-state index contributed by atoms with van der Waals surface area (Å²) in [5.74, 6) is -0.232. The number of aryl methyl sites for hydroxylation is 2. The van der Waals surface area contributed by atoms with Gasteiger partial charge in [-0.3, -0.25) is 0 Å². The molecule has 0 spiro atoms. The van der Waals surface area contributed by atoms with Gasteiger partial charge in [0.2, 0.25) is 5.89 Å². The molecule has 0 bridgehead atoms. The normalized spacial score (nSPS) is 12.9. The van der Waals surface area contributed by atoms with Crippen molar-refractivity contribution in [1.29, 1.82) is 0 Å². The summed E-state index contributed by atoms with van der Waals surface area (Å²) in [5, 5.41) is 10.2. The molecular formula is C20H21NO4S. The molecule has 3 rings (SSSR count). The van der Waals surface area contributed by atoms with E-state index in [2.05, 4.69) is 4.98 Å². The zero-order valence-electron chi connectivity index (χ0n) is 14.7. The fraction of sp³-hybridized carbons (Fsp3) is 0.250. The van der Waals surface area contributed by atoms with Crippen LogP contribution >= 0.6 is 0 Å². The number of sulfone groups is 1. The van der Waals surface area contributed by atoms with Crippen LogP contribution in [0.1, 0.15) is 28.5 Å². The Labute approximate surface area is 153 Å². The van der Waals surface area contributed by atoms with Crippen LogP contribution in [0.4, 0.5) is 0 Å². The van der Waals surface area contributed by atoms with E-state index in [1.165, 1.54) is 6.26 Å². The van der Waals surface area contributed by atoms with Crippen LogP contribution in [-0.2, 0) is 15.6 Å². The molecule has 0 aliphatic carbocycles. The molecule has 0 aliphatic rings. The molecule has 0 fully saturated rings. The SMILES string of the molecule is Cc1ccc(-c2nc(CS(=O)(=O)C[C@@H](O)c3ccccc3)co2)c(C)c1. The first-order valence-corrected chi connectivity index (χ1v) is 10.1. The number of oxazole rings is 1. The van der Waals surface area contributed by atoms with Crippen molar-refractivity contribution in [2.45, 2.75) is 25.7 Å². The highest BCUT2D eigenvalue weighted by Gasteiger charge is 2.21. The quantitative estimate of drug-likeness (QED) is 0.716. The lowest BCUT2D eigenvalue weighted by atomic mass is 10.1. The number of aromatic nitrogens is 1. The van der Waals surface area contributed by atoms with Gasteiger partial charge in [-0.15, -0.1) is 0 Å². The lowest BCUT2D eigenvalue weighted by Gasteiger charge is -2.10. The van der Waals surface area contributed by atoms with Gasteiger partial charge in [0, 0.05) is 5.56 Å². The lowest BCUT2D eigenvalue weighted by molar-refractivity contribution is 0.201. The molecular weight excluding hydrogens is 350 g/mol. The van der Waals surface area contributed by atoms with Crippen molar-refractivity contribution in [3.05, 3.63) is 77.2 Å². The summed E-state index contributed by atoms with van der Waals surface area (Å²) in [6.07, 6.45) is 0.299. The zero-order valence-corrected chi connectivity index (χ0v) is 15.5. The molecule has 26 heavy (non-hydrogen) atoms. The maximum Gasteiger partial charge on any atom is 0.226 e. The number of rotatable bonds is 6. The van der Waals surface area contributed by atoms with Gasteiger partial charge >= 0.3 is 0 Å². The molecule has 0 radical (unpaired) electrons. The maximum absolute atomic E-state index is 12.4. The molecule has 0 saturated carbocycles. The van der Waals surface area contributed by atoms with E-state index in [1.54, 1.807) is 24.3 Å². The number of nitrogens with zero attached hydrogens (tertiary/aromatic N) is 1. The number of aliphatic hydroxyl groups excluding tert-OH is 1. The summed E-state index contributed by atoms with van der Waals surface area (Å²) in [7, 11) is -3.54. The lowest BCUT2D eigenvalue weighted by Crippen LogP contribution is -2.16. The Bertz CT molecular complexity index is 994. The Balaban J connectivity index is 1.73. The first-order chi connectivity index (χ1) is 12.3. The third-order valence-electron chi connectivity index (χ3n) is 4.13. The molecule has 1 heterocycles. The highest BCUT2D eigenvalue weighted by Crippen LogP contribution is 2.24. The molecule has 0 unspecified atom stereocenters. The average molecular weight is 371 g/mol. The van der Waals surface area contributed by atoms with Gasteiger partial charge in [-0.25, -0.2) is 13.4 Å². The standard InChI is InChI=1S/C20H21NO4S/c1-14-8-9-18(15(2)10-14)20-21-17(11-25-20)12-26(23,24)13-19(22)16-6-4-3-5-7-16/h3-11,19,22H,12-13H2,1-2H3/t19-/m1/s1. The number of aliphatic hydroxyl groups is 1. The van der Waals surface area contributed by atoms with Gasteiger partial charge in [-0.2, -0.15) is 0 Å². The van der Waals surface area contributed by atoms with Crippen molar-refractivity contribution >= 4 is 9.84 Å². The largest absolute Gasteiger partial charge is 0.444 e. The van der Waals surface area contributed by atoms with Crippen LogP contribution < -0.4 is 0 Å². The number of hydrogen-bond acceptors (Lipinski definition) is 5. The molecule has 0 aliphatic heterocycles. The maximum atomic E-state index is 12.4. The monoisotopic (exact) mass is 371 g/mol. The van der Waals surface area contributed by atoms with Crippen LogP contribution in [0.3, 0.4) is 0 Å². The Morgan fingerprint density at radius 3 is 2.54 bits per heavy atom. The summed E-state index contributed by atoms with van der Waals surface area (Å²) in [6, 6.07) is 14.6. The van der Waals surface area contributed by atoms with Gasteiger partial charge < -0.3 is 9.52 Å². The van der Waals surface area contributed by atoms with Crippen LogP contribution in [0.25, 0.3) is 11.5 Å². The molecule has 0 saturated heterocycles. The predicted molar refractivity (Wildman–Crippen MR) is 100 cm³/mol. The van der Waals surface area contributed by atoms with Crippen molar-refractivity contribution in [3.8, 4) is 11.5 Å². The van der Waals surface area contributed by atoms with Gasteiger partial charge in [-0.05, 0) is 31.0 Å². The van der Waals surface area contributed by atoms with Gasteiger partial charge in [0.1, 0.15) is 6.26 Å². The third-order valence-corrected chi connectivity index (χ3v) is 5.69. The Morgan fingerprint density at radius 2 is 1.85 bits per heavy atom. The predicted octanol–water partition coefficient (Wildman–Crippen LogP) is 3.61. The van der Waals surface area contributed by atoms with Crippen LogP contribution in [0, 0.1) is 13.8 Å². The van der Waals surface area contributed by atoms with E-state index in [4.69, 9.17) is 4.42 Å². The second-order valence-electron chi connectivity index (χ2n) is 6.44. The smallest absolute Gasteiger partial charge is 0.226 e. The van der Waals surface area contributed by atoms with E-state index in [1.807, 2.05) is 38.1 Å². The molecule has 2 aromatic carbocycles. The highest BCUT2D eigenvalue weighted by atomic mass is 32.2. The van der Waals surface area contributed by atoms with Crippen LogP contribution in [0.5, 0.6) is 0 Å². The van der Waals surface area contributed by atoms with Gasteiger partial charge in [-0.1, -0.05) is 48.0 Å². The zero-order chi connectivity index (χ0) is 18.7. The summed E-state index contributed by atoms with van der Waals surface area (Å²) < 4.78 is 30.3. The fourth-order valence-electron chi connectivity index (χ4n) is 2.85. The minimum atomic E-state index is -3.54. The second-order valence-corrected chi connectivity index (χ2v) is 8.55. The number of benzene rings is 2. The molecule has 0 amide bonds. The highest BCUT2D eigenvalue weighted by molar-refractivity contribution is 7.90. The minimum Gasteiger partial charge on any atom is -0.444 e. The van der Waals surface area contributed by atoms with E-state index in [0.29, 0.717) is 17.1 Å². The topological polar surface area (TPSA) is 80.4 Å². The molecule has 5 nitrogen and oxygen atoms in total. The summed E-state index contributed by atoms with van der Waals surface area (Å²) in [6.45, 7) is 3.96. The van der Waals surface area contributed by atoms with Gasteiger partial charge in [0.25, 0.3) is 0 Å². The minimum absolute atomic E-state index is 0.273. The van der Waals surface area contributed by atoms with Crippen molar-refractivity contribution in [2.75, 3.05) is 5.75 Å². The fourth-order valence-corrected chi connectivity index (χ4v) is 4.22. The van der Waals surface area contributed by atoms with Crippen molar-refractivity contribution < 1.29 is 17.9 Å². The number of hydrogen-bond donors (Lipinski definition) is 1. The van der Waals surface area contributed by atoms with E-state index in [0.717, 1.165) is 16.7 Å². The van der Waals surface area contributed by atoms with E-state index in [9.17, 15) is 13.5 Å². The van der Waals surface area contributed by atoms with E-state index >= 15 is 0 Å². The van der Waals surface area contributed by atoms with Crippen LogP contribution in [0.2, 0.25) is 0 Å².